The molecule has 0 N–H and O–H groups in total. The number of anilines is 1. The zero-order valence-corrected chi connectivity index (χ0v) is 20.6. The summed E-state index contributed by atoms with van der Waals surface area (Å²) in [6.07, 6.45) is 2.97. The second-order valence-corrected chi connectivity index (χ2v) is 9.64. The fraction of sp³-hybridized carbons (Fsp3) is 0.500. The quantitative estimate of drug-likeness (QED) is 0.555. The van der Waals surface area contributed by atoms with Gasteiger partial charge in [-0.1, -0.05) is 31.2 Å². The zero-order chi connectivity index (χ0) is 23.5. The van der Waals surface area contributed by atoms with E-state index in [-0.39, 0.29) is 5.92 Å². The van der Waals surface area contributed by atoms with Gasteiger partial charge in [0.05, 0.1) is 17.6 Å². The molecule has 0 spiro atoms. The number of carbonyl (C=O) groups is 1. The van der Waals surface area contributed by atoms with E-state index >= 15 is 0 Å². The van der Waals surface area contributed by atoms with Crippen molar-refractivity contribution in [3.8, 4) is 0 Å². The van der Waals surface area contributed by atoms with Gasteiger partial charge in [-0.3, -0.25) is 9.69 Å². The summed E-state index contributed by atoms with van der Waals surface area (Å²) in [6.45, 7) is 11.6. The third-order valence-corrected chi connectivity index (χ3v) is 7.65. The van der Waals surface area contributed by atoms with Gasteiger partial charge in [0.2, 0.25) is 5.91 Å². The van der Waals surface area contributed by atoms with Crippen LogP contribution in [0.4, 0.5) is 5.69 Å². The Morgan fingerprint density at radius 2 is 1.62 bits per heavy atom. The van der Waals surface area contributed by atoms with Gasteiger partial charge in [0, 0.05) is 44.3 Å². The van der Waals surface area contributed by atoms with Crippen molar-refractivity contribution in [2.24, 2.45) is 5.92 Å². The van der Waals surface area contributed by atoms with Gasteiger partial charge in [0.25, 0.3) is 0 Å². The summed E-state index contributed by atoms with van der Waals surface area (Å²) < 4.78 is 2.32. The molecule has 0 unspecified atom stereocenters. The van der Waals surface area contributed by atoms with Crippen molar-refractivity contribution in [2.75, 3.05) is 44.2 Å². The molecular formula is C28H37N5O. The fourth-order valence-corrected chi connectivity index (χ4v) is 5.52. The third kappa shape index (κ3) is 4.69. The first-order valence-corrected chi connectivity index (χ1v) is 13.0. The maximum atomic E-state index is 13.2. The lowest BCUT2D eigenvalue weighted by Crippen LogP contribution is -2.51. The number of benzene rings is 2. The maximum Gasteiger partial charge on any atom is 0.225 e. The number of para-hydroxylation sites is 2. The molecule has 0 aliphatic carbocycles. The summed E-state index contributed by atoms with van der Waals surface area (Å²) in [5.74, 6) is 1.66. The number of rotatable bonds is 6. The molecule has 6 nitrogen and oxygen atoms in total. The predicted molar refractivity (Wildman–Crippen MR) is 138 cm³/mol. The van der Waals surface area contributed by atoms with Crippen LogP contribution in [0.3, 0.4) is 0 Å². The summed E-state index contributed by atoms with van der Waals surface area (Å²) in [6, 6.07) is 17.3. The van der Waals surface area contributed by atoms with Crippen molar-refractivity contribution < 1.29 is 4.79 Å². The van der Waals surface area contributed by atoms with Gasteiger partial charge < -0.3 is 14.4 Å². The number of carbonyl (C=O) groups excluding carboxylic acids is 1. The second kappa shape index (κ2) is 10.2. The first-order valence-electron chi connectivity index (χ1n) is 13.0. The van der Waals surface area contributed by atoms with Crippen LogP contribution in [0.25, 0.3) is 11.0 Å². The van der Waals surface area contributed by atoms with E-state index < -0.39 is 0 Å². The van der Waals surface area contributed by atoms with Crippen molar-refractivity contribution in [1.82, 2.24) is 19.4 Å². The molecule has 0 atom stereocenters. The van der Waals surface area contributed by atoms with Gasteiger partial charge >= 0.3 is 0 Å². The lowest BCUT2D eigenvalue weighted by atomic mass is 9.95. The third-order valence-electron chi connectivity index (χ3n) is 7.65. The topological polar surface area (TPSA) is 44.6 Å². The molecule has 0 radical (unpaired) electrons. The normalized spacial score (nSPS) is 18.1. The highest BCUT2D eigenvalue weighted by Crippen LogP contribution is 2.24. The van der Waals surface area contributed by atoms with Gasteiger partial charge in [-0.2, -0.15) is 0 Å². The van der Waals surface area contributed by atoms with Crippen molar-refractivity contribution >= 4 is 22.6 Å². The number of likely N-dealkylation sites (tertiary alicyclic amines) is 1. The van der Waals surface area contributed by atoms with Crippen LogP contribution < -0.4 is 4.90 Å². The Bertz CT molecular complexity index is 1110. The van der Waals surface area contributed by atoms with E-state index in [9.17, 15) is 4.79 Å². The number of aromatic nitrogens is 2. The molecule has 0 saturated carbocycles. The highest BCUT2D eigenvalue weighted by atomic mass is 16.2. The van der Waals surface area contributed by atoms with E-state index in [1.165, 1.54) is 16.8 Å². The van der Waals surface area contributed by atoms with E-state index in [1.54, 1.807) is 0 Å². The number of nitrogens with zero attached hydrogens (tertiary/aromatic N) is 5. The molecule has 0 bridgehead atoms. The van der Waals surface area contributed by atoms with Crippen LogP contribution in [0.2, 0.25) is 0 Å². The smallest absolute Gasteiger partial charge is 0.225 e. The minimum absolute atomic E-state index is 0.164. The Morgan fingerprint density at radius 3 is 2.29 bits per heavy atom. The number of hydrogen-bond donors (Lipinski definition) is 0. The average molecular weight is 460 g/mol. The molecule has 5 rings (SSSR count). The van der Waals surface area contributed by atoms with Gasteiger partial charge in [-0.25, -0.2) is 4.98 Å². The summed E-state index contributed by atoms with van der Waals surface area (Å²) in [7, 11) is 0. The molecule has 6 heteroatoms. The molecule has 2 aliphatic heterocycles. The largest absolute Gasteiger partial charge is 0.368 e. The Hall–Kier alpha value is -2.86. The molecule has 180 valence electrons. The minimum atomic E-state index is 0.164. The molecule has 2 saturated heterocycles. The van der Waals surface area contributed by atoms with Crippen molar-refractivity contribution in [2.45, 2.75) is 46.2 Å². The number of imidazole rings is 1. The van der Waals surface area contributed by atoms with Crippen LogP contribution in [0.5, 0.6) is 0 Å². The number of aryl methyl sites for hydroxylation is 2. The van der Waals surface area contributed by atoms with E-state index in [2.05, 4.69) is 81.6 Å². The first-order chi connectivity index (χ1) is 16.7. The van der Waals surface area contributed by atoms with E-state index in [1.807, 2.05) is 0 Å². The number of fused-ring (bicyclic) bond motifs is 1. The Labute approximate surface area is 203 Å². The number of piperazine rings is 1. The summed E-state index contributed by atoms with van der Waals surface area (Å²) >= 11 is 0. The van der Waals surface area contributed by atoms with E-state index in [0.717, 1.165) is 83.0 Å². The Morgan fingerprint density at radius 1 is 0.912 bits per heavy atom. The molecule has 1 amide bonds. The molecule has 2 aromatic carbocycles. The Balaban J connectivity index is 1.12. The van der Waals surface area contributed by atoms with Crippen molar-refractivity contribution in [1.29, 1.82) is 0 Å². The molecule has 34 heavy (non-hydrogen) atoms. The van der Waals surface area contributed by atoms with Crippen LogP contribution in [-0.4, -0.2) is 64.5 Å². The van der Waals surface area contributed by atoms with Gasteiger partial charge in [0.1, 0.15) is 5.82 Å². The number of piperidine rings is 1. The SMILES string of the molecule is CCc1ccc(N2CCN(C(=O)C3CCN(Cc4nc5ccccc5n4CC)CC3)CC2)cc1. The van der Waals surface area contributed by atoms with Crippen LogP contribution in [0, 0.1) is 5.92 Å². The van der Waals surface area contributed by atoms with Crippen molar-refractivity contribution in [3.63, 3.8) is 0 Å². The molecule has 3 heterocycles. The van der Waals surface area contributed by atoms with Crippen molar-refractivity contribution in [3.05, 3.63) is 59.9 Å². The highest BCUT2D eigenvalue weighted by molar-refractivity contribution is 5.79. The number of hydrogen-bond acceptors (Lipinski definition) is 4. The fourth-order valence-electron chi connectivity index (χ4n) is 5.52. The zero-order valence-electron chi connectivity index (χ0n) is 20.6. The molecule has 2 fully saturated rings. The van der Waals surface area contributed by atoms with Gasteiger partial charge in [-0.15, -0.1) is 0 Å². The average Bonchev–Trinajstić information content (AvgIpc) is 3.25. The van der Waals surface area contributed by atoms with Crippen LogP contribution in [0.1, 0.15) is 38.1 Å². The second-order valence-electron chi connectivity index (χ2n) is 9.64. The van der Waals surface area contributed by atoms with E-state index in [4.69, 9.17) is 4.98 Å². The predicted octanol–water partition coefficient (Wildman–Crippen LogP) is 4.18. The number of amides is 1. The highest BCUT2D eigenvalue weighted by Gasteiger charge is 2.31. The molecule has 3 aromatic rings. The van der Waals surface area contributed by atoms with Crippen LogP contribution in [0.15, 0.2) is 48.5 Å². The monoisotopic (exact) mass is 459 g/mol. The summed E-state index contributed by atoms with van der Waals surface area (Å²) in [4.78, 5) is 25.1. The van der Waals surface area contributed by atoms with Crippen LogP contribution >= 0.6 is 0 Å². The summed E-state index contributed by atoms with van der Waals surface area (Å²) in [5, 5.41) is 0. The van der Waals surface area contributed by atoms with Crippen LogP contribution in [-0.2, 0) is 24.3 Å². The summed E-state index contributed by atoms with van der Waals surface area (Å²) in [5.41, 5.74) is 4.93. The van der Waals surface area contributed by atoms with E-state index in [0.29, 0.717) is 5.91 Å². The maximum absolute atomic E-state index is 13.2. The Kier molecular flexibility index (Phi) is 6.86. The lowest BCUT2D eigenvalue weighted by Gasteiger charge is -2.39. The van der Waals surface area contributed by atoms with Gasteiger partial charge in [-0.05, 0) is 69.1 Å². The minimum Gasteiger partial charge on any atom is -0.368 e. The first kappa shape index (κ1) is 22.9. The molecular weight excluding hydrogens is 422 g/mol. The van der Waals surface area contributed by atoms with Gasteiger partial charge in [0.15, 0.2) is 0 Å². The molecule has 2 aliphatic rings. The molecule has 1 aromatic heterocycles. The lowest BCUT2D eigenvalue weighted by molar-refractivity contribution is -0.137. The standard InChI is InChI=1S/C28H37N5O/c1-3-22-9-11-24(12-10-22)31-17-19-32(20-18-31)28(34)23-13-15-30(16-14-23)21-27-29-25-7-5-6-8-26(25)33(27)4-2/h5-12,23H,3-4,13-21H2,1-2H3.